The van der Waals surface area contributed by atoms with Crippen LogP contribution in [0.2, 0.25) is 0 Å². The second kappa shape index (κ2) is 6.30. The van der Waals surface area contributed by atoms with E-state index < -0.39 is 0 Å². The average Bonchev–Trinajstić information content (AvgIpc) is 2.43. The first-order valence-corrected chi connectivity index (χ1v) is 8.31. The molecule has 0 heterocycles. The van der Waals surface area contributed by atoms with Gasteiger partial charge in [-0.05, 0) is 54.0 Å². The third kappa shape index (κ3) is 2.91. The van der Waals surface area contributed by atoms with Gasteiger partial charge in [-0.1, -0.05) is 58.7 Å². The van der Waals surface area contributed by atoms with Crippen molar-refractivity contribution >= 4 is 15.9 Å². The molecule has 1 fully saturated rings. The number of hydrogen-bond acceptors (Lipinski definition) is 2. The van der Waals surface area contributed by atoms with Crippen LogP contribution in [0.25, 0.3) is 0 Å². The summed E-state index contributed by atoms with van der Waals surface area (Å²) < 4.78 is 1.13. The van der Waals surface area contributed by atoms with Crippen molar-refractivity contribution in [3.8, 4) is 0 Å². The fraction of sp³-hybridized carbons (Fsp3) is 0.333. The highest BCUT2D eigenvalue weighted by atomic mass is 79.9. The van der Waals surface area contributed by atoms with Gasteiger partial charge in [0.05, 0.1) is 6.04 Å². The van der Waals surface area contributed by atoms with Gasteiger partial charge in [0.1, 0.15) is 0 Å². The Kier molecular flexibility index (Phi) is 4.43. The molecule has 21 heavy (non-hydrogen) atoms. The quantitative estimate of drug-likeness (QED) is 0.629. The van der Waals surface area contributed by atoms with Crippen molar-refractivity contribution in [3.05, 3.63) is 69.2 Å². The highest BCUT2D eigenvalue weighted by molar-refractivity contribution is 9.10. The van der Waals surface area contributed by atoms with Crippen LogP contribution in [0.3, 0.4) is 0 Å². The molecule has 110 valence electrons. The summed E-state index contributed by atoms with van der Waals surface area (Å²) in [6.45, 7) is 2.10. The molecule has 1 aliphatic rings. The molecule has 2 aromatic carbocycles. The second-order valence-corrected chi connectivity index (χ2v) is 6.72. The highest BCUT2D eigenvalue weighted by Crippen LogP contribution is 2.40. The highest BCUT2D eigenvalue weighted by Gasteiger charge is 2.25. The largest absolute Gasteiger partial charge is 0.271 e. The molecule has 0 bridgehead atoms. The summed E-state index contributed by atoms with van der Waals surface area (Å²) in [5, 5.41) is 0. The van der Waals surface area contributed by atoms with Gasteiger partial charge < -0.3 is 0 Å². The van der Waals surface area contributed by atoms with Crippen LogP contribution < -0.4 is 11.3 Å². The Bertz CT molecular complexity index is 635. The summed E-state index contributed by atoms with van der Waals surface area (Å²) in [5.41, 5.74) is 8.19. The molecule has 0 aliphatic heterocycles. The van der Waals surface area contributed by atoms with E-state index in [1.165, 1.54) is 41.5 Å². The Morgan fingerprint density at radius 2 is 1.95 bits per heavy atom. The lowest BCUT2D eigenvalue weighted by molar-refractivity contribution is 0.414. The van der Waals surface area contributed by atoms with Gasteiger partial charge in [0.25, 0.3) is 0 Å². The molecule has 1 atom stereocenters. The lowest BCUT2D eigenvalue weighted by atomic mass is 9.76. The fourth-order valence-electron chi connectivity index (χ4n) is 3.02. The number of hydrogen-bond donors (Lipinski definition) is 2. The van der Waals surface area contributed by atoms with Gasteiger partial charge in [-0.25, -0.2) is 5.43 Å². The molecular formula is C18H21BrN2. The predicted octanol–water partition coefficient (Wildman–Crippen LogP) is 4.58. The molecule has 1 aliphatic carbocycles. The second-order valence-electron chi connectivity index (χ2n) is 5.87. The lowest BCUT2D eigenvalue weighted by Gasteiger charge is -2.30. The van der Waals surface area contributed by atoms with Gasteiger partial charge >= 0.3 is 0 Å². The standard InChI is InChI=1S/C18H21BrN2/c1-12-9-10-14(11-17(12)19)18(21-20)16-8-3-2-7-15(16)13-5-4-6-13/h2-3,7-11,13,18,21H,4-6,20H2,1H3. The maximum Gasteiger partial charge on any atom is 0.0713 e. The summed E-state index contributed by atoms with van der Waals surface area (Å²) in [6.07, 6.45) is 3.94. The maximum absolute atomic E-state index is 5.89. The molecule has 3 heteroatoms. The van der Waals surface area contributed by atoms with Crippen molar-refractivity contribution in [3.63, 3.8) is 0 Å². The van der Waals surface area contributed by atoms with Gasteiger partial charge in [-0.3, -0.25) is 5.84 Å². The summed E-state index contributed by atoms with van der Waals surface area (Å²) in [7, 11) is 0. The molecule has 0 amide bonds. The molecule has 2 aromatic rings. The molecule has 0 radical (unpaired) electrons. The van der Waals surface area contributed by atoms with Crippen LogP contribution in [0.5, 0.6) is 0 Å². The number of benzene rings is 2. The van der Waals surface area contributed by atoms with E-state index in [0.717, 1.165) is 4.47 Å². The van der Waals surface area contributed by atoms with E-state index in [0.29, 0.717) is 5.92 Å². The zero-order valence-electron chi connectivity index (χ0n) is 12.3. The first-order chi connectivity index (χ1) is 10.2. The maximum atomic E-state index is 5.89. The van der Waals surface area contributed by atoms with Crippen molar-refractivity contribution in [2.45, 2.75) is 38.1 Å². The molecule has 1 unspecified atom stereocenters. The number of hydrazine groups is 1. The Balaban J connectivity index is 2.01. The van der Waals surface area contributed by atoms with Gasteiger partial charge in [-0.15, -0.1) is 0 Å². The van der Waals surface area contributed by atoms with Crippen molar-refractivity contribution in [1.29, 1.82) is 0 Å². The van der Waals surface area contributed by atoms with Crippen LogP contribution in [0.1, 0.15) is 53.5 Å². The Labute approximate surface area is 134 Å². The molecule has 2 nitrogen and oxygen atoms in total. The molecule has 0 spiro atoms. The minimum Gasteiger partial charge on any atom is -0.271 e. The molecule has 3 rings (SSSR count). The van der Waals surface area contributed by atoms with Gasteiger partial charge in [0, 0.05) is 4.47 Å². The number of halogens is 1. The van der Waals surface area contributed by atoms with Crippen LogP contribution in [0.15, 0.2) is 46.9 Å². The third-order valence-electron chi connectivity index (χ3n) is 4.55. The van der Waals surface area contributed by atoms with Crippen molar-refractivity contribution in [2.24, 2.45) is 5.84 Å². The summed E-state index contributed by atoms with van der Waals surface area (Å²) in [6, 6.07) is 15.2. The topological polar surface area (TPSA) is 38.0 Å². The van der Waals surface area contributed by atoms with Gasteiger partial charge in [0.2, 0.25) is 0 Å². The van der Waals surface area contributed by atoms with E-state index in [2.05, 4.69) is 70.7 Å². The van der Waals surface area contributed by atoms with Crippen LogP contribution in [0.4, 0.5) is 0 Å². The van der Waals surface area contributed by atoms with Crippen molar-refractivity contribution < 1.29 is 0 Å². The van der Waals surface area contributed by atoms with E-state index in [1.54, 1.807) is 0 Å². The minimum absolute atomic E-state index is 0.0405. The number of nitrogens with one attached hydrogen (secondary N) is 1. The van der Waals surface area contributed by atoms with Crippen LogP contribution in [-0.2, 0) is 0 Å². The number of aryl methyl sites for hydroxylation is 1. The minimum atomic E-state index is 0.0405. The molecule has 0 aromatic heterocycles. The molecular weight excluding hydrogens is 324 g/mol. The third-order valence-corrected chi connectivity index (χ3v) is 5.40. The normalized spacial score (nSPS) is 16.5. The van der Waals surface area contributed by atoms with Crippen LogP contribution in [-0.4, -0.2) is 0 Å². The SMILES string of the molecule is Cc1ccc(C(NN)c2ccccc2C2CCC2)cc1Br. The van der Waals surface area contributed by atoms with E-state index in [9.17, 15) is 0 Å². The van der Waals surface area contributed by atoms with E-state index in [4.69, 9.17) is 5.84 Å². The van der Waals surface area contributed by atoms with E-state index >= 15 is 0 Å². The van der Waals surface area contributed by atoms with Crippen LogP contribution >= 0.6 is 15.9 Å². The lowest BCUT2D eigenvalue weighted by Crippen LogP contribution is -2.30. The summed E-state index contributed by atoms with van der Waals surface area (Å²) >= 11 is 3.62. The number of nitrogens with two attached hydrogens (primary N) is 1. The molecule has 1 saturated carbocycles. The zero-order valence-corrected chi connectivity index (χ0v) is 13.9. The first-order valence-electron chi connectivity index (χ1n) is 7.51. The van der Waals surface area contributed by atoms with Gasteiger partial charge in [0.15, 0.2) is 0 Å². The van der Waals surface area contributed by atoms with Gasteiger partial charge in [-0.2, -0.15) is 0 Å². The van der Waals surface area contributed by atoms with Crippen molar-refractivity contribution in [1.82, 2.24) is 5.43 Å². The zero-order chi connectivity index (χ0) is 14.8. The Morgan fingerprint density at radius 1 is 1.19 bits per heavy atom. The number of rotatable bonds is 4. The average molecular weight is 345 g/mol. The van der Waals surface area contributed by atoms with Crippen LogP contribution in [0, 0.1) is 6.92 Å². The monoisotopic (exact) mass is 344 g/mol. The molecule has 0 saturated heterocycles. The fourth-order valence-corrected chi connectivity index (χ4v) is 3.42. The molecule has 3 N–H and O–H groups in total. The Hall–Kier alpha value is -1.16. The Morgan fingerprint density at radius 3 is 2.57 bits per heavy atom. The first kappa shape index (κ1) is 14.8. The smallest absolute Gasteiger partial charge is 0.0713 e. The predicted molar refractivity (Wildman–Crippen MR) is 91.1 cm³/mol. The summed E-state index contributed by atoms with van der Waals surface area (Å²) in [5.74, 6) is 6.59. The summed E-state index contributed by atoms with van der Waals surface area (Å²) in [4.78, 5) is 0. The van der Waals surface area contributed by atoms with Crippen molar-refractivity contribution in [2.75, 3.05) is 0 Å². The van der Waals surface area contributed by atoms with E-state index in [-0.39, 0.29) is 6.04 Å². The van der Waals surface area contributed by atoms with E-state index in [1.807, 2.05) is 0 Å².